The predicted molar refractivity (Wildman–Crippen MR) is 65.0 cm³/mol. The number of carbonyl (C=O) groups is 1. The molecule has 1 heterocycles. The molecule has 1 N–H and O–H groups in total. The van der Waals surface area contributed by atoms with E-state index < -0.39 is 28.5 Å². The fourth-order valence-electron chi connectivity index (χ4n) is 1.44. The van der Waals surface area contributed by atoms with Crippen molar-refractivity contribution < 1.29 is 22.4 Å². The van der Waals surface area contributed by atoms with E-state index in [1.54, 1.807) is 0 Å². The van der Waals surface area contributed by atoms with Gasteiger partial charge in [-0.3, -0.25) is 4.79 Å². The minimum atomic E-state index is -4.70. The summed E-state index contributed by atoms with van der Waals surface area (Å²) in [6.45, 7) is 1.38. The number of aromatic nitrogens is 1. The molecular weight excluding hydrogens is 296 g/mol. The Morgan fingerprint density at radius 2 is 2.10 bits per heavy atom. The summed E-state index contributed by atoms with van der Waals surface area (Å²) >= 11 is 0.641. The highest BCUT2D eigenvalue weighted by atomic mass is 32.1. The summed E-state index contributed by atoms with van der Waals surface area (Å²) < 4.78 is 50.8. The summed E-state index contributed by atoms with van der Waals surface area (Å²) in [6, 6.07) is 5.64. The van der Waals surface area contributed by atoms with Crippen LogP contribution in [-0.2, 0) is 6.18 Å². The van der Waals surface area contributed by atoms with E-state index in [0.717, 1.165) is 12.1 Å². The van der Waals surface area contributed by atoms with Crippen LogP contribution in [0.5, 0.6) is 0 Å². The lowest BCUT2D eigenvalue weighted by atomic mass is 10.3. The number of amides is 1. The summed E-state index contributed by atoms with van der Waals surface area (Å²) in [6.07, 6.45) is -4.70. The zero-order valence-corrected chi connectivity index (χ0v) is 10.8. The average Bonchev–Trinajstić information content (AvgIpc) is 2.74. The maximum atomic E-state index is 12.7. The van der Waals surface area contributed by atoms with Crippen molar-refractivity contribution in [2.24, 2.45) is 0 Å². The molecule has 8 heteroatoms. The molecule has 105 valence electrons. The lowest BCUT2D eigenvalue weighted by Gasteiger charge is -2.07. The monoisotopic (exact) mass is 303 g/mol. The Morgan fingerprint density at radius 1 is 1.40 bits per heavy atom. The van der Waals surface area contributed by atoms with Crippen LogP contribution in [0.25, 0.3) is 0 Å². The second-order valence-corrected chi connectivity index (χ2v) is 4.99. The lowest BCUT2D eigenvalue weighted by molar-refractivity contribution is -0.141. The number of thiazole rings is 1. The van der Waals surface area contributed by atoms with Crippen LogP contribution < -0.4 is 5.32 Å². The number of rotatable bonds is 2. The van der Waals surface area contributed by atoms with E-state index in [4.69, 9.17) is 0 Å². The van der Waals surface area contributed by atoms with Crippen molar-refractivity contribution in [2.75, 3.05) is 5.32 Å². The third-order valence-corrected chi connectivity index (χ3v) is 3.20. The van der Waals surface area contributed by atoms with Crippen LogP contribution in [0, 0.1) is 18.8 Å². The van der Waals surface area contributed by atoms with E-state index >= 15 is 0 Å². The van der Waals surface area contributed by atoms with Crippen molar-refractivity contribution in [3.8, 4) is 0 Å². The maximum absolute atomic E-state index is 12.7. The number of benzene rings is 1. The van der Waals surface area contributed by atoms with Crippen LogP contribution in [-0.4, -0.2) is 10.9 Å². The molecule has 3 nitrogen and oxygen atoms in total. The third kappa shape index (κ3) is 3.13. The molecule has 0 bridgehead atoms. The fraction of sp³-hybridized carbons (Fsp3) is 0.167. The zero-order chi connectivity index (χ0) is 14.9. The minimum Gasteiger partial charge on any atom is -0.321 e. The van der Waals surface area contributed by atoms with Gasteiger partial charge in [-0.25, -0.2) is 9.37 Å². The van der Waals surface area contributed by atoms with Gasteiger partial charge in [-0.05, 0) is 25.1 Å². The number of hydrogen-bond acceptors (Lipinski definition) is 3. The number of hydrogen-bond donors (Lipinski definition) is 1. The van der Waals surface area contributed by atoms with Gasteiger partial charge in [-0.1, -0.05) is 0 Å². The largest absolute Gasteiger partial charge is 0.435 e. The first-order valence-electron chi connectivity index (χ1n) is 5.30. The number of aryl methyl sites for hydroxylation is 1. The minimum absolute atomic E-state index is 0.0792. The molecule has 0 spiro atoms. The number of anilines is 1. The number of nitrogens with one attached hydrogen (secondary N) is 1. The SMILES string of the molecule is Cc1nc(C(F)(F)F)c(C(=O)Nc2[c]cc(F)cc2)s1. The van der Waals surface area contributed by atoms with Gasteiger partial charge in [0, 0.05) is 11.8 Å². The van der Waals surface area contributed by atoms with Gasteiger partial charge in [0.15, 0.2) is 5.69 Å². The third-order valence-electron chi connectivity index (χ3n) is 2.23. The van der Waals surface area contributed by atoms with Gasteiger partial charge >= 0.3 is 6.18 Å². The summed E-state index contributed by atoms with van der Waals surface area (Å²) in [4.78, 5) is 14.6. The molecule has 0 atom stereocenters. The molecule has 0 saturated heterocycles. The van der Waals surface area contributed by atoms with E-state index in [1.165, 1.54) is 13.0 Å². The highest BCUT2D eigenvalue weighted by Gasteiger charge is 2.39. The second kappa shape index (κ2) is 5.20. The van der Waals surface area contributed by atoms with Gasteiger partial charge in [0.1, 0.15) is 10.7 Å². The Kier molecular flexibility index (Phi) is 3.76. The van der Waals surface area contributed by atoms with E-state index in [9.17, 15) is 22.4 Å². The number of nitrogens with zero attached hydrogens (tertiary/aromatic N) is 1. The number of halogens is 4. The zero-order valence-electron chi connectivity index (χ0n) is 10.0. The molecule has 2 aromatic rings. The smallest absolute Gasteiger partial charge is 0.321 e. The Hall–Kier alpha value is -1.96. The van der Waals surface area contributed by atoms with Crippen molar-refractivity contribution in [1.82, 2.24) is 4.98 Å². The first kappa shape index (κ1) is 14.4. The molecule has 1 amide bonds. The molecular formula is C12H7F4N2OS. The standard InChI is InChI=1S/C12H7F4N2OS/c1-6-17-10(12(14,15)16)9(20-6)11(19)18-8-4-2-7(13)3-5-8/h2-4H,1H3,(H,18,19). The molecule has 0 unspecified atom stereocenters. The Labute approximate surface area is 115 Å². The molecule has 0 saturated carbocycles. The van der Waals surface area contributed by atoms with E-state index in [2.05, 4.69) is 16.4 Å². The van der Waals surface area contributed by atoms with Crippen LogP contribution in [0.4, 0.5) is 23.2 Å². The summed E-state index contributed by atoms with van der Waals surface area (Å²) in [5.74, 6) is -1.52. The van der Waals surface area contributed by atoms with Gasteiger partial charge in [0.05, 0.1) is 5.01 Å². The van der Waals surface area contributed by atoms with Crippen molar-refractivity contribution in [1.29, 1.82) is 0 Å². The van der Waals surface area contributed by atoms with Crippen LogP contribution in [0.2, 0.25) is 0 Å². The number of alkyl halides is 3. The Balaban J connectivity index is 2.28. The highest BCUT2D eigenvalue weighted by molar-refractivity contribution is 7.13. The van der Waals surface area contributed by atoms with E-state index in [-0.39, 0.29) is 10.7 Å². The molecule has 20 heavy (non-hydrogen) atoms. The van der Waals surface area contributed by atoms with Crippen LogP contribution in [0.1, 0.15) is 20.4 Å². The van der Waals surface area contributed by atoms with Gasteiger partial charge in [0.25, 0.3) is 5.91 Å². The molecule has 0 aliphatic carbocycles. The molecule has 2 rings (SSSR count). The van der Waals surface area contributed by atoms with Crippen molar-refractivity contribution in [3.05, 3.63) is 45.7 Å². The fourth-order valence-corrected chi connectivity index (χ4v) is 2.27. The maximum Gasteiger partial charge on any atom is 0.435 e. The lowest BCUT2D eigenvalue weighted by Crippen LogP contribution is -2.17. The van der Waals surface area contributed by atoms with E-state index in [1.807, 2.05) is 0 Å². The topological polar surface area (TPSA) is 42.0 Å². The Bertz CT molecular complexity index is 634. The normalized spacial score (nSPS) is 11.4. The average molecular weight is 303 g/mol. The number of carbonyl (C=O) groups excluding carboxylic acids is 1. The molecule has 1 radical (unpaired) electrons. The quantitative estimate of drug-likeness (QED) is 0.860. The van der Waals surface area contributed by atoms with Crippen LogP contribution >= 0.6 is 11.3 Å². The van der Waals surface area contributed by atoms with Crippen molar-refractivity contribution >= 4 is 22.9 Å². The Morgan fingerprint density at radius 3 is 2.65 bits per heavy atom. The first-order chi connectivity index (χ1) is 9.27. The van der Waals surface area contributed by atoms with Crippen LogP contribution in [0.15, 0.2) is 18.2 Å². The highest BCUT2D eigenvalue weighted by Crippen LogP contribution is 2.34. The molecule has 0 aliphatic heterocycles. The predicted octanol–water partition coefficient (Wildman–Crippen LogP) is 3.66. The van der Waals surface area contributed by atoms with Crippen LogP contribution in [0.3, 0.4) is 0 Å². The van der Waals surface area contributed by atoms with Gasteiger partial charge in [-0.2, -0.15) is 13.2 Å². The van der Waals surface area contributed by atoms with E-state index in [0.29, 0.717) is 11.3 Å². The first-order valence-corrected chi connectivity index (χ1v) is 6.12. The summed E-state index contributed by atoms with van der Waals surface area (Å²) in [5, 5.41) is 2.35. The van der Waals surface area contributed by atoms with Gasteiger partial charge in [0.2, 0.25) is 0 Å². The second-order valence-electron chi connectivity index (χ2n) is 3.78. The van der Waals surface area contributed by atoms with Gasteiger partial charge in [-0.15, -0.1) is 11.3 Å². The van der Waals surface area contributed by atoms with Crippen molar-refractivity contribution in [2.45, 2.75) is 13.1 Å². The summed E-state index contributed by atoms with van der Waals surface area (Å²) in [7, 11) is 0. The molecule has 0 aliphatic rings. The molecule has 1 aromatic carbocycles. The van der Waals surface area contributed by atoms with Crippen molar-refractivity contribution in [3.63, 3.8) is 0 Å². The molecule has 1 aromatic heterocycles. The summed E-state index contributed by atoms with van der Waals surface area (Å²) in [5.41, 5.74) is -1.14. The van der Waals surface area contributed by atoms with Gasteiger partial charge < -0.3 is 5.32 Å². The molecule has 0 fully saturated rings.